The maximum absolute atomic E-state index is 7.55. The fourth-order valence-corrected chi connectivity index (χ4v) is 1.18. The van der Waals surface area contributed by atoms with Crippen molar-refractivity contribution in [3.05, 3.63) is 35.4 Å². The Morgan fingerprint density at radius 2 is 1.67 bits per heavy atom. The average Bonchev–Trinajstić information content (AvgIpc) is 2.03. The van der Waals surface area contributed by atoms with Crippen molar-refractivity contribution in [2.75, 3.05) is 0 Å². The van der Waals surface area contributed by atoms with Crippen molar-refractivity contribution in [2.45, 2.75) is 39.5 Å². The SMILES string of the molecule is [2H]C(C)c1ccc(C(C)(C)C)cc1. The molecule has 0 spiro atoms. The molecule has 1 unspecified atom stereocenters. The van der Waals surface area contributed by atoms with Gasteiger partial charge >= 0.3 is 0 Å². The lowest BCUT2D eigenvalue weighted by Gasteiger charge is -2.18. The van der Waals surface area contributed by atoms with E-state index in [0.29, 0.717) is 0 Å². The molecule has 12 heavy (non-hydrogen) atoms. The highest BCUT2D eigenvalue weighted by Crippen LogP contribution is 2.22. The summed E-state index contributed by atoms with van der Waals surface area (Å²) < 4.78 is 7.55. The maximum atomic E-state index is 7.55. The van der Waals surface area contributed by atoms with Gasteiger partial charge in [-0.05, 0) is 22.9 Å². The van der Waals surface area contributed by atoms with Gasteiger partial charge in [-0.25, -0.2) is 0 Å². The summed E-state index contributed by atoms with van der Waals surface area (Å²) in [7, 11) is 0. The molecule has 0 heteroatoms. The second-order valence-corrected chi connectivity index (χ2v) is 4.16. The Bertz CT molecular complexity index is 264. The molecular formula is C12H18. The van der Waals surface area contributed by atoms with Crippen LogP contribution < -0.4 is 0 Å². The van der Waals surface area contributed by atoms with Gasteiger partial charge in [0.1, 0.15) is 0 Å². The quantitative estimate of drug-likeness (QED) is 0.594. The predicted octanol–water partition coefficient (Wildman–Crippen LogP) is 3.55. The first-order chi connectivity index (χ1) is 5.91. The van der Waals surface area contributed by atoms with Gasteiger partial charge < -0.3 is 0 Å². The summed E-state index contributed by atoms with van der Waals surface area (Å²) in [5, 5.41) is 0. The zero-order valence-corrected chi connectivity index (χ0v) is 8.39. The average molecular weight is 163 g/mol. The summed E-state index contributed by atoms with van der Waals surface area (Å²) in [6.07, 6.45) is -0.117. The van der Waals surface area contributed by atoms with Gasteiger partial charge in [-0.15, -0.1) is 0 Å². The van der Waals surface area contributed by atoms with Gasteiger partial charge in [0.15, 0.2) is 0 Å². The van der Waals surface area contributed by atoms with Crippen LogP contribution in [0.3, 0.4) is 0 Å². The van der Waals surface area contributed by atoms with Gasteiger partial charge in [-0.1, -0.05) is 52.0 Å². The van der Waals surface area contributed by atoms with E-state index >= 15 is 0 Å². The molecule has 0 nitrogen and oxygen atoms in total. The third-order valence-corrected chi connectivity index (χ3v) is 2.11. The Morgan fingerprint density at radius 3 is 2.00 bits per heavy atom. The smallest absolute Gasteiger partial charge is 0.0313 e. The van der Waals surface area contributed by atoms with Crippen molar-refractivity contribution in [2.24, 2.45) is 0 Å². The molecule has 0 heterocycles. The molecule has 1 aromatic carbocycles. The fourth-order valence-electron chi connectivity index (χ4n) is 1.18. The Balaban J connectivity index is 2.94. The summed E-state index contributed by atoms with van der Waals surface area (Å²) in [5.74, 6) is 0. The van der Waals surface area contributed by atoms with Crippen LogP contribution in [0.25, 0.3) is 0 Å². The third-order valence-electron chi connectivity index (χ3n) is 2.11. The molecule has 0 saturated carbocycles. The van der Waals surface area contributed by atoms with Crippen LogP contribution in [0.1, 0.15) is 40.2 Å². The molecule has 0 fully saturated rings. The minimum Gasteiger partial charge on any atom is -0.0613 e. The summed E-state index contributed by atoms with van der Waals surface area (Å²) in [6, 6.07) is 8.36. The van der Waals surface area contributed by atoms with E-state index < -0.39 is 0 Å². The second kappa shape index (κ2) is 3.30. The van der Waals surface area contributed by atoms with Crippen molar-refractivity contribution in [3.8, 4) is 0 Å². The van der Waals surface area contributed by atoms with Crippen molar-refractivity contribution in [1.82, 2.24) is 0 Å². The number of benzene rings is 1. The van der Waals surface area contributed by atoms with Crippen molar-refractivity contribution in [1.29, 1.82) is 0 Å². The van der Waals surface area contributed by atoms with Crippen LogP contribution in [0.5, 0.6) is 0 Å². The monoisotopic (exact) mass is 163 g/mol. The minimum absolute atomic E-state index is 0.117. The summed E-state index contributed by atoms with van der Waals surface area (Å²) in [6.45, 7) is 8.50. The Morgan fingerprint density at radius 1 is 1.17 bits per heavy atom. The van der Waals surface area contributed by atoms with Gasteiger partial charge in [-0.2, -0.15) is 0 Å². The lowest BCUT2D eigenvalue weighted by atomic mass is 9.86. The van der Waals surface area contributed by atoms with E-state index in [1.54, 1.807) is 0 Å². The summed E-state index contributed by atoms with van der Waals surface area (Å²) in [5.41, 5.74) is 2.63. The molecule has 0 radical (unpaired) electrons. The lowest BCUT2D eigenvalue weighted by Crippen LogP contribution is -2.10. The van der Waals surface area contributed by atoms with Crippen LogP contribution in [-0.2, 0) is 11.8 Å². The maximum Gasteiger partial charge on any atom is 0.0313 e. The van der Waals surface area contributed by atoms with Gasteiger partial charge in [0, 0.05) is 1.37 Å². The molecule has 0 aliphatic rings. The van der Waals surface area contributed by atoms with Crippen LogP contribution in [0, 0.1) is 0 Å². The largest absolute Gasteiger partial charge is 0.0613 e. The number of aryl methyl sites for hydroxylation is 1. The van der Waals surface area contributed by atoms with Crippen LogP contribution in [0.15, 0.2) is 24.3 Å². The first kappa shape index (κ1) is 7.85. The fraction of sp³-hybridized carbons (Fsp3) is 0.500. The summed E-state index contributed by atoms with van der Waals surface area (Å²) in [4.78, 5) is 0. The number of hydrogen-bond donors (Lipinski definition) is 0. The minimum atomic E-state index is -0.117. The molecule has 0 bridgehead atoms. The van der Waals surface area contributed by atoms with Gasteiger partial charge in [0.05, 0.1) is 0 Å². The first-order valence-corrected chi connectivity index (χ1v) is 4.44. The van der Waals surface area contributed by atoms with Crippen molar-refractivity contribution < 1.29 is 1.37 Å². The zero-order chi connectivity index (χ0) is 10.1. The number of hydrogen-bond acceptors (Lipinski definition) is 0. The van der Waals surface area contributed by atoms with Gasteiger partial charge in [-0.3, -0.25) is 0 Å². The molecular weight excluding hydrogens is 144 g/mol. The molecule has 1 rings (SSSR count). The topological polar surface area (TPSA) is 0 Å². The number of rotatable bonds is 1. The predicted molar refractivity (Wildman–Crippen MR) is 54.5 cm³/mol. The normalized spacial score (nSPS) is 15.5. The van der Waals surface area contributed by atoms with E-state index in [1.165, 1.54) is 5.56 Å². The van der Waals surface area contributed by atoms with E-state index in [9.17, 15) is 0 Å². The molecule has 66 valence electrons. The van der Waals surface area contributed by atoms with E-state index in [0.717, 1.165) is 5.56 Å². The van der Waals surface area contributed by atoms with E-state index in [4.69, 9.17) is 1.37 Å². The molecule has 0 aliphatic heterocycles. The standard InChI is InChI=1S/C12H18/c1-5-10-6-8-11(9-7-10)12(2,3)4/h6-9H,5H2,1-4H3/i5D. The van der Waals surface area contributed by atoms with E-state index in [-0.39, 0.29) is 11.8 Å². The lowest BCUT2D eigenvalue weighted by molar-refractivity contribution is 0.590. The van der Waals surface area contributed by atoms with E-state index in [1.807, 2.05) is 6.92 Å². The van der Waals surface area contributed by atoms with Gasteiger partial charge in [0.2, 0.25) is 0 Å². The van der Waals surface area contributed by atoms with Crippen LogP contribution in [0.4, 0.5) is 0 Å². The van der Waals surface area contributed by atoms with E-state index in [2.05, 4.69) is 45.0 Å². The Labute approximate surface area is 77.0 Å². The van der Waals surface area contributed by atoms with Gasteiger partial charge in [0.25, 0.3) is 0 Å². The Kier molecular flexibility index (Phi) is 2.16. The second-order valence-electron chi connectivity index (χ2n) is 4.16. The highest BCUT2D eigenvalue weighted by molar-refractivity contribution is 5.27. The molecule has 0 N–H and O–H groups in total. The molecule has 1 atom stereocenters. The molecule has 0 aromatic heterocycles. The van der Waals surface area contributed by atoms with Crippen LogP contribution >= 0.6 is 0 Å². The zero-order valence-electron chi connectivity index (χ0n) is 9.39. The van der Waals surface area contributed by atoms with Crippen LogP contribution in [0.2, 0.25) is 0 Å². The molecule has 0 saturated heterocycles. The van der Waals surface area contributed by atoms with Crippen molar-refractivity contribution >= 4 is 0 Å². The van der Waals surface area contributed by atoms with Crippen LogP contribution in [-0.4, -0.2) is 0 Å². The molecule has 1 aromatic rings. The third kappa shape index (κ3) is 2.10. The molecule has 0 amide bonds. The molecule has 0 aliphatic carbocycles. The van der Waals surface area contributed by atoms with Crippen molar-refractivity contribution in [3.63, 3.8) is 0 Å². The highest BCUT2D eigenvalue weighted by Gasteiger charge is 2.12. The highest BCUT2D eigenvalue weighted by atomic mass is 14.2. The summed E-state index contributed by atoms with van der Waals surface area (Å²) >= 11 is 0. The Hall–Kier alpha value is -0.780. The first-order valence-electron chi connectivity index (χ1n) is 5.01.